The molecule has 1 atom stereocenters. The summed E-state index contributed by atoms with van der Waals surface area (Å²) in [6.45, 7) is 13.6. The minimum Gasteiger partial charge on any atom is -0.309 e. The average molecular weight is 384 g/mol. The molecule has 0 saturated heterocycles. The van der Waals surface area contributed by atoms with Gasteiger partial charge in [0, 0.05) is 16.5 Å². The first-order valence-corrected chi connectivity index (χ1v) is 10.2. The Balaban J connectivity index is 2.02. The minimum absolute atomic E-state index is 0.0493. The quantitative estimate of drug-likeness (QED) is 0.679. The van der Waals surface area contributed by atoms with Crippen LogP contribution in [0.15, 0.2) is 29.1 Å². The van der Waals surface area contributed by atoms with E-state index in [-0.39, 0.29) is 11.0 Å². The van der Waals surface area contributed by atoms with Crippen molar-refractivity contribution in [1.82, 2.24) is 14.9 Å². The number of hydrogen-bond acceptors (Lipinski definition) is 4. The van der Waals surface area contributed by atoms with Crippen molar-refractivity contribution in [3.05, 3.63) is 50.9 Å². The number of fused-ring (bicyclic) bond motifs is 1. The first-order valence-electron chi connectivity index (χ1n) is 9.37. The van der Waals surface area contributed by atoms with E-state index in [1.54, 1.807) is 11.3 Å². The number of benzene rings is 1. The highest BCUT2D eigenvalue weighted by Crippen LogP contribution is 2.35. The Morgan fingerprint density at radius 2 is 1.81 bits per heavy atom. The maximum Gasteiger partial charge on any atom is 0.260 e. The molecule has 0 aliphatic heterocycles. The summed E-state index contributed by atoms with van der Waals surface area (Å²) in [7, 11) is 2.08. The lowest BCUT2D eigenvalue weighted by Gasteiger charge is -2.35. The molecular weight excluding hydrogens is 354 g/mol. The highest BCUT2D eigenvalue weighted by atomic mass is 32.1. The third kappa shape index (κ3) is 3.99. The molecule has 0 fully saturated rings. The van der Waals surface area contributed by atoms with E-state index in [0.29, 0.717) is 18.0 Å². The standard InChI is InChI=1S/C22H29N3OS/c1-13-8-10-16(11-9-13)18-14(2)27-21-19(18)20(26)23-17(24-21)12-25(7)15(3)22(4,5)6/h8-11,15H,12H2,1-7H3,(H,23,24,26). The summed E-state index contributed by atoms with van der Waals surface area (Å²) in [6, 6.07) is 8.69. The zero-order valence-electron chi connectivity index (χ0n) is 17.3. The highest BCUT2D eigenvalue weighted by Gasteiger charge is 2.25. The lowest BCUT2D eigenvalue weighted by atomic mass is 9.87. The van der Waals surface area contributed by atoms with Gasteiger partial charge in [0.05, 0.1) is 11.9 Å². The van der Waals surface area contributed by atoms with Gasteiger partial charge >= 0.3 is 0 Å². The van der Waals surface area contributed by atoms with Gasteiger partial charge in [-0.1, -0.05) is 50.6 Å². The molecule has 3 rings (SSSR count). The van der Waals surface area contributed by atoms with Crippen molar-refractivity contribution in [2.24, 2.45) is 5.41 Å². The van der Waals surface area contributed by atoms with Gasteiger partial charge < -0.3 is 4.98 Å². The van der Waals surface area contributed by atoms with E-state index in [9.17, 15) is 4.79 Å². The number of hydrogen-bond donors (Lipinski definition) is 1. The van der Waals surface area contributed by atoms with Crippen LogP contribution in [0.2, 0.25) is 0 Å². The van der Waals surface area contributed by atoms with Gasteiger partial charge in [-0.15, -0.1) is 11.3 Å². The Hall–Kier alpha value is -1.98. The highest BCUT2D eigenvalue weighted by molar-refractivity contribution is 7.19. The van der Waals surface area contributed by atoms with Gasteiger partial charge in [0.1, 0.15) is 10.7 Å². The van der Waals surface area contributed by atoms with Crippen LogP contribution in [-0.4, -0.2) is 28.0 Å². The fourth-order valence-corrected chi connectivity index (χ4v) is 4.41. The van der Waals surface area contributed by atoms with Gasteiger partial charge in [-0.05, 0) is 38.8 Å². The van der Waals surface area contributed by atoms with E-state index in [1.807, 2.05) is 0 Å². The van der Waals surface area contributed by atoms with Crippen LogP contribution in [-0.2, 0) is 6.54 Å². The van der Waals surface area contributed by atoms with E-state index in [0.717, 1.165) is 26.7 Å². The molecule has 2 aromatic heterocycles. The largest absolute Gasteiger partial charge is 0.309 e. The maximum absolute atomic E-state index is 12.9. The van der Waals surface area contributed by atoms with Crippen LogP contribution in [0.5, 0.6) is 0 Å². The molecule has 0 spiro atoms. The van der Waals surface area contributed by atoms with Crippen LogP contribution in [0.25, 0.3) is 21.3 Å². The summed E-state index contributed by atoms with van der Waals surface area (Å²) < 4.78 is 0. The van der Waals surface area contributed by atoms with Crippen molar-refractivity contribution in [3.8, 4) is 11.1 Å². The molecule has 5 heteroatoms. The van der Waals surface area contributed by atoms with Gasteiger partial charge in [-0.2, -0.15) is 0 Å². The zero-order chi connectivity index (χ0) is 19.9. The predicted octanol–water partition coefficient (Wildman–Crippen LogP) is 5.13. The van der Waals surface area contributed by atoms with Gasteiger partial charge in [0.15, 0.2) is 0 Å². The Morgan fingerprint density at radius 1 is 1.19 bits per heavy atom. The maximum atomic E-state index is 12.9. The average Bonchev–Trinajstić information content (AvgIpc) is 2.90. The molecule has 2 heterocycles. The minimum atomic E-state index is -0.0493. The van der Waals surface area contributed by atoms with Crippen LogP contribution >= 0.6 is 11.3 Å². The number of thiophene rings is 1. The van der Waals surface area contributed by atoms with Gasteiger partial charge in [-0.3, -0.25) is 9.69 Å². The summed E-state index contributed by atoms with van der Waals surface area (Å²) in [5.74, 6) is 0.725. The number of aryl methyl sites for hydroxylation is 2. The fraction of sp³-hybridized carbons (Fsp3) is 0.455. The van der Waals surface area contributed by atoms with E-state index in [1.165, 1.54) is 5.56 Å². The lowest BCUT2D eigenvalue weighted by Crippen LogP contribution is -2.39. The van der Waals surface area contributed by atoms with Crippen molar-refractivity contribution in [2.45, 2.75) is 54.1 Å². The lowest BCUT2D eigenvalue weighted by molar-refractivity contribution is 0.132. The van der Waals surface area contributed by atoms with Crippen molar-refractivity contribution in [3.63, 3.8) is 0 Å². The molecule has 27 heavy (non-hydrogen) atoms. The van der Waals surface area contributed by atoms with E-state index in [4.69, 9.17) is 4.98 Å². The number of aromatic amines is 1. The molecule has 3 aromatic rings. The molecule has 0 radical (unpaired) electrons. The molecule has 1 N–H and O–H groups in total. The van der Waals surface area contributed by atoms with E-state index in [2.05, 4.69) is 82.7 Å². The Labute approximate surface area is 165 Å². The first-order chi connectivity index (χ1) is 12.6. The van der Waals surface area contributed by atoms with Gasteiger partial charge in [0.2, 0.25) is 0 Å². The Kier molecular flexibility index (Phi) is 5.28. The number of aromatic nitrogens is 2. The SMILES string of the molecule is Cc1ccc(-c2c(C)sc3nc(CN(C)C(C)C(C)(C)C)[nH]c(=O)c23)cc1. The topological polar surface area (TPSA) is 49.0 Å². The van der Waals surface area contributed by atoms with Crippen LogP contribution in [0, 0.1) is 19.3 Å². The Bertz CT molecular complexity index is 1010. The summed E-state index contributed by atoms with van der Waals surface area (Å²) in [5, 5.41) is 0.705. The third-order valence-corrected chi connectivity index (χ3v) is 6.44. The second kappa shape index (κ2) is 7.21. The monoisotopic (exact) mass is 383 g/mol. The molecular formula is C22H29N3OS. The zero-order valence-corrected chi connectivity index (χ0v) is 18.1. The molecule has 0 saturated carbocycles. The van der Waals surface area contributed by atoms with E-state index < -0.39 is 0 Å². The van der Waals surface area contributed by atoms with Crippen LogP contribution in [0.1, 0.15) is 44.0 Å². The Morgan fingerprint density at radius 3 is 2.41 bits per heavy atom. The van der Waals surface area contributed by atoms with Crippen LogP contribution in [0.4, 0.5) is 0 Å². The van der Waals surface area contributed by atoms with E-state index >= 15 is 0 Å². The molecule has 0 amide bonds. The van der Waals surface area contributed by atoms with Gasteiger partial charge in [-0.25, -0.2) is 4.98 Å². The summed E-state index contributed by atoms with van der Waals surface area (Å²) in [5.41, 5.74) is 3.40. The number of nitrogens with one attached hydrogen (secondary N) is 1. The first kappa shape index (κ1) is 19.8. The number of rotatable bonds is 4. The second-order valence-corrected chi connectivity index (χ2v) is 9.75. The predicted molar refractivity (Wildman–Crippen MR) is 116 cm³/mol. The molecule has 1 aromatic carbocycles. The summed E-state index contributed by atoms with van der Waals surface area (Å²) in [6.07, 6.45) is 0. The van der Waals surface area contributed by atoms with Crippen molar-refractivity contribution < 1.29 is 0 Å². The summed E-state index contributed by atoms with van der Waals surface area (Å²) in [4.78, 5) is 24.9. The van der Waals surface area contributed by atoms with Crippen molar-refractivity contribution in [1.29, 1.82) is 0 Å². The molecule has 1 unspecified atom stereocenters. The normalized spacial score (nSPS) is 13.5. The molecule has 0 aliphatic rings. The van der Waals surface area contributed by atoms with Crippen LogP contribution in [0.3, 0.4) is 0 Å². The molecule has 0 aliphatic carbocycles. The second-order valence-electron chi connectivity index (χ2n) is 8.55. The van der Waals surface area contributed by atoms with Crippen molar-refractivity contribution in [2.75, 3.05) is 7.05 Å². The molecule has 0 bridgehead atoms. The third-order valence-electron chi connectivity index (χ3n) is 5.44. The van der Waals surface area contributed by atoms with Crippen LogP contribution < -0.4 is 5.56 Å². The fourth-order valence-electron chi connectivity index (χ4n) is 3.34. The smallest absolute Gasteiger partial charge is 0.260 e. The summed E-state index contributed by atoms with van der Waals surface area (Å²) >= 11 is 1.60. The molecule has 144 valence electrons. The molecule has 4 nitrogen and oxygen atoms in total. The number of H-pyrrole nitrogens is 1. The van der Waals surface area contributed by atoms with Gasteiger partial charge in [0.25, 0.3) is 5.56 Å². The number of nitrogens with zero attached hydrogens (tertiary/aromatic N) is 2. The van der Waals surface area contributed by atoms with Crippen molar-refractivity contribution >= 4 is 21.6 Å².